The van der Waals surface area contributed by atoms with Crippen LogP contribution in [0.4, 0.5) is 5.69 Å². The monoisotopic (exact) mass is 357 g/mol. The van der Waals surface area contributed by atoms with Crippen molar-refractivity contribution in [2.45, 2.75) is 37.9 Å². The highest BCUT2D eigenvalue weighted by Gasteiger charge is 2.41. The van der Waals surface area contributed by atoms with E-state index in [2.05, 4.69) is 5.32 Å². The Kier molecular flexibility index (Phi) is 4.64. The molecule has 1 N–H and O–H groups in total. The molecule has 2 fully saturated rings. The van der Waals surface area contributed by atoms with Crippen LogP contribution in [-0.2, 0) is 9.53 Å². The summed E-state index contributed by atoms with van der Waals surface area (Å²) in [5.41, 5.74) is 0.775. The van der Waals surface area contributed by atoms with Crippen LogP contribution in [0.1, 0.15) is 25.7 Å². The summed E-state index contributed by atoms with van der Waals surface area (Å²) < 4.78 is 11.6. The van der Waals surface area contributed by atoms with Crippen molar-refractivity contribution in [3.8, 4) is 11.5 Å². The van der Waals surface area contributed by atoms with Gasteiger partial charge in [0.15, 0.2) is 0 Å². The third kappa shape index (κ3) is 3.97. The molecule has 5 heteroatoms. The first-order valence-electron chi connectivity index (χ1n) is 8.64. The zero-order chi connectivity index (χ0) is 17.2. The molecule has 3 atom stereocenters. The average Bonchev–Trinajstić information content (AvgIpc) is 3.21. The van der Waals surface area contributed by atoms with Crippen molar-refractivity contribution in [1.82, 2.24) is 0 Å². The van der Waals surface area contributed by atoms with Crippen molar-refractivity contribution in [1.29, 1.82) is 0 Å². The highest BCUT2D eigenvalue weighted by molar-refractivity contribution is 6.30. The Hall–Kier alpha value is -2.04. The number of ether oxygens (including phenoxy) is 2. The molecule has 4 rings (SSSR count). The number of fused-ring (bicyclic) bond motifs is 2. The van der Waals surface area contributed by atoms with Gasteiger partial charge in [-0.2, -0.15) is 0 Å². The first-order valence-corrected chi connectivity index (χ1v) is 9.02. The lowest BCUT2D eigenvalue weighted by Crippen LogP contribution is -2.23. The fourth-order valence-corrected chi connectivity index (χ4v) is 3.78. The third-order valence-electron chi connectivity index (χ3n) is 4.87. The maximum atomic E-state index is 12.2. The van der Waals surface area contributed by atoms with Gasteiger partial charge in [0.2, 0.25) is 5.91 Å². The molecule has 0 aromatic heterocycles. The first-order chi connectivity index (χ1) is 12.2. The molecule has 2 aliphatic rings. The summed E-state index contributed by atoms with van der Waals surface area (Å²) in [5, 5.41) is 3.63. The quantitative estimate of drug-likeness (QED) is 0.816. The van der Waals surface area contributed by atoms with Gasteiger partial charge in [-0.1, -0.05) is 11.6 Å². The van der Waals surface area contributed by atoms with Crippen molar-refractivity contribution in [3.63, 3.8) is 0 Å². The van der Waals surface area contributed by atoms with Crippen LogP contribution in [0.25, 0.3) is 0 Å². The van der Waals surface area contributed by atoms with E-state index in [4.69, 9.17) is 21.1 Å². The maximum absolute atomic E-state index is 12.2. The molecule has 130 valence electrons. The Morgan fingerprint density at radius 1 is 1.08 bits per heavy atom. The van der Waals surface area contributed by atoms with E-state index in [1.54, 1.807) is 12.1 Å². The minimum atomic E-state index is 0.0486. The fraction of sp³-hybridized carbons (Fsp3) is 0.350. The molecule has 2 heterocycles. The summed E-state index contributed by atoms with van der Waals surface area (Å²) in [6, 6.07) is 14.6. The van der Waals surface area contributed by atoms with E-state index in [1.807, 2.05) is 36.4 Å². The standard InChI is InChI=1S/C20H20ClNO3/c21-14-1-5-16(6-2-14)24-17-7-3-15(4-8-17)22-20(23)12-13-11-18-9-10-19(13)25-18/h1-8,13,18-19H,9-12H2,(H,22,23). The Balaban J connectivity index is 1.31. The van der Waals surface area contributed by atoms with E-state index >= 15 is 0 Å². The smallest absolute Gasteiger partial charge is 0.224 e. The zero-order valence-electron chi connectivity index (χ0n) is 13.8. The third-order valence-corrected chi connectivity index (χ3v) is 5.12. The number of nitrogens with one attached hydrogen (secondary N) is 1. The summed E-state index contributed by atoms with van der Waals surface area (Å²) in [6.45, 7) is 0. The number of anilines is 1. The van der Waals surface area contributed by atoms with Crippen LogP contribution in [0.2, 0.25) is 5.02 Å². The summed E-state index contributed by atoms with van der Waals surface area (Å²) in [6.07, 6.45) is 4.46. The van der Waals surface area contributed by atoms with Gasteiger partial charge in [-0.25, -0.2) is 0 Å². The lowest BCUT2D eigenvalue weighted by Gasteiger charge is -2.17. The average molecular weight is 358 g/mol. The van der Waals surface area contributed by atoms with Crippen molar-refractivity contribution < 1.29 is 14.3 Å². The second kappa shape index (κ2) is 7.06. The summed E-state index contributed by atoms with van der Waals surface area (Å²) in [4.78, 5) is 12.2. The highest BCUT2D eigenvalue weighted by Crippen LogP contribution is 2.40. The van der Waals surface area contributed by atoms with Crippen LogP contribution in [0, 0.1) is 5.92 Å². The molecular weight excluding hydrogens is 338 g/mol. The molecule has 4 nitrogen and oxygen atoms in total. The molecule has 3 unspecified atom stereocenters. The van der Waals surface area contributed by atoms with Crippen LogP contribution < -0.4 is 10.1 Å². The molecule has 0 saturated carbocycles. The number of rotatable bonds is 5. The molecule has 2 saturated heterocycles. The van der Waals surface area contributed by atoms with Crippen LogP contribution in [0.5, 0.6) is 11.5 Å². The van der Waals surface area contributed by atoms with Gasteiger partial charge in [0.25, 0.3) is 0 Å². The SMILES string of the molecule is O=C(CC1CC2CCC1O2)Nc1ccc(Oc2ccc(Cl)cc2)cc1. The van der Waals surface area contributed by atoms with Crippen molar-refractivity contribution in [2.75, 3.05) is 5.32 Å². The number of hydrogen-bond acceptors (Lipinski definition) is 3. The van der Waals surface area contributed by atoms with Gasteiger partial charge in [-0.05, 0) is 73.7 Å². The van der Waals surface area contributed by atoms with Crippen LogP contribution >= 0.6 is 11.6 Å². The number of carbonyl (C=O) groups is 1. The van der Waals surface area contributed by atoms with Gasteiger partial charge < -0.3 is 14.8 Å². The van der Waals surface area contributed by atoms with Gasteiger partial charge >= 0.3 is 0 Å². The fourth-order valence-electron chi connectivity index (χ4n) is 3.65. The van der Waals surface area contributed by atoms with E-state index < -0.39 is 0 Å². The molecule has 2 aromatic carbocycles. The van der Waals surface area contributed by atoms with Crippen LogP contribution in [0.15, 0.2) is 48.5 Å². The Morgan fingerprint density at radius 2 is 1.76 bits per heavy atom. The van der Waals surface area contributed by atoms with Crippen LogP contribution in [0.3, 0.4) is 0 Å². The lowest BCUT2D eigenvalue weighted by atomic mass is 9.87. The van der Waals surface area contributed by atoms with E-state index in [9.17, 15) is 4.79 Å². The van der Waals surface area contributed by atoms with Crippen molar-refractivity contribution in [3.05, 3.63) is 53.6 Å². The predicted molar refractivity (Wildman–Crippen MR) is 97.2 cm³/mol. The van der Waals surface area contributed by atoms with E-state index in [0.29, 0.717) is 29.2 Å². The zero-order valence-corrected chi connectivity index (χ0v) is 14.5. The van der Waals surface area contributed by atoms with Gasteiger partial charge in [-0.3, -0.25) is 4.79 Å². The number of hydrogen-bond donors (Lipinski definition) is 1. The summed E-state index contributed by atoms with van der Waals surface area (Å²) >= 11 is 5.86. The minimum absolute atomic E-state index is 0.0486. The van der Waals surface area contributed by atoms with Crippen LogP contribution in [-0.4, -0.2) is 18.1 Å². The van der Waals surface area contributed by atoms with Crippen molar-refractivity contribution >= 4 is 23.2 Å². The second-order valence-electron chi connectivity index (χ2n) is 6.70. The second-order valence-corrected chi connectivity index (χ2v) is 7.14. The topological polar surface area (TPSA) is 47.6 Å². The molecule has 2 bridgehead atoms. The number of carbonyl (C=O) groups excluding carboxylic acids is 1. The van der Waals surface area contributed by atoms with Gasteiger partial charge in [-0.15, -0.1) is 0 Å². The molecule has 2 aliphatic heterocycles. The summed E-state index contributed by atoms with van der Waals surface area (Å²) in [7, 11) is 0. The Bertz CT molecular complexity index is 745. The predicted octanol–water partition coefficient (Wildman–Crippen LogP) is 5.03. The van der Waals surface area contributed by atoms with E-state index in [1.165, 1.54) is 0 Å². The maximum Gasteiger partial charge on any atom is 0.224 e. The number of benzene rings is 2. The lowest BCUT2D eigenvalue weighted by molar-refractivity contribution is -0.117. The number of amides is 1. The molecule has 0 aliphatic carbocycles. The Morgan fingerprint density at radius 3 is 2.36 bits per heavy atom. The Labute approximate surface area is 152 Å². The molecular formula is C20H20ClNO3. The molecule has 25 heavy (non-hydrogen) atoms. The van der Waals surface area contributed by atoms with Crippen molar-refractivity contribution in [2.24, 2.45) is 5.92 Å². The first kappa shape index (κ1) is 16.4. The van der Waals surface area contributed by atoms with E-state index in [-0.39, 0.29) is 12.0 Å². The molecule has 1 amide bonds. The van der Waals surface area contributed by atoms with Gasteiger partial charge in [0.1, 0.15) is 11.5 Å². The van der Waals surface area contributed by atoms with Gasteiger partial charge in [0, 0.05) is 17.1 Å². The number of halogens is 1. The minimum Gasteiger partial charge on any atom is -0.457 e. The summed E-state index contributed by atoms with van der Waals surface area (Å²) in [5.74, 6) is 1.85. The molecule has 2 aromatic rings. The van der Waals surface area contributed by atoms with E-state index in [0.717, 1.165) is 30.7 Å². The highest BCUT2D eigenvalue weighted by atomic mass is 35.5. The largest absolute Gasteiger partial charge is 0.457 e. The molecule has 0 spiro atoms. The van der Waals surface area contributed by atoms with Gasteiger partial charge in [0.05, 0.1) is 12.2 Å². The normalized spacial score (nSPS) is 24.3. The molecule has 0 radical (unpaired) electrons.